The van der Waals surface area contributed by atoms with Gasteiger partial charge in [-0.3, -0.25) is 0 Å². The van der Waals surface area contributed by atoms with E-state index in [1.807, 2.05) is 12.2 Å². The number of allylic oxidation sites excluding steroid dienone is 2. The van der Waals surface area contributed by atoms with Crippen molar-refractivity contribution in [1.29, 1.82) is 0 Å². The van der Waals surface area contributed by atoms with Crippen LogP contribution in [0.3, 0.4) is 0 Å². The number of carbonyl (C=O) groups is 1. The molecule has 102 valence electrons. The van der Waals surface area contributed by atoms with Crippen molar-refractivity contribution in [3.05, 3.63) is 23.8 Å². The van der Waals surface area contributed by atoms with Gasteiger partial charge in [-0.25, -0.2) is 4.79 Å². The molecular weight excluding hydrogens is 467 g/mol. The van der Waals surface area contributed by atoms with Gasteiger partial charge in [-0.15, -0.1) is 0 Å². The summed E-state index contributed by atoms with van der Waals surface area (Å²) in [5.74, 6) is -1.30. The van der Waals surface area contributed by atoms with Gasteiger partial charge in [-0.05, 0) is 18.9 Å². The fourth-order valence-electron chi connectivity index (χ4n) is 1.25. The summed E-state index contributed by atoms with van der Waals surface area (Å²) in [6.07, 6.45) is 5.65. The van der Waals surface area contributed by atoms with Crippen molar-refractivity contribution in [2.45, 2.75) is 32.4 Å². The van der Waals surface area contributed by atoms with Crippen molar-refractivity contribution in [3.63, 3.8) is 0 Å². The summed E-state index contributed by atoms with van der Waals surface area (Å²) >= 11 is 0. The molecule has 2 unspecified atom stereocenters. The zero-order valence-electron chi connectivity index (χ0n) is 9.59. The zero-order chi connectivity index (χ0) is 12.6. The van der Waals surface area contributed by atoms with Crippen molar-refractivity contribution in [2.24, 2.45) is 0 Å². The number of hydrogen-bond donors (Lipinski definition) is 3. The Labute approximate surface area is 94.5 Å². The molecule has 1 amide bonds. The molecule has 5 nitrogen and oxygen atoms in total. The minimum absolute atomic E-state index is 0. The largest absolute Gasteiger partial charge is 0.520 e. The molecule has 6 heteroatoms. The number of carboxylic acid groups (broad SMARTS) is 1. The summed E-state index contributed by atoms with van der Waals surface area (Å²) in [5, 5.41) is 20.5. The van der Waals surface area contributed by atoms with Gasteiger partial charge < -0.3 is 20.3 Å². The number of aliphatic hydroxyl groups is 1. The normalized spacial score (nSPS) is 14.9. The van der Waals surface area contributed by atoms with E-state index in [0.29, 0.717) is 12.0 Å². The summed E-state index contributed by atoms with van der Waals surface area (Å²) in [6.45, 7) is 3.62. The van der Waals surface area contributed by atoms with Crippen LogP contribution in [0.4, 0.5) is 0 Å². The van der Waals surface area contributed by atoms with Crippen LogP contribution in [0.5, 0.6) is 0 Å². The molecule has 0 spiro atoms. The Bertz CT molecular complexity index is 302. The van der Waals surface area contributed by atoms with Crippen molar-refractivity contribution in [2.75, 3.05) is 0 Å². The molecule has 0 aromatic rings. The fraction of sp³-hybridized carbons (Fsp3) is 0.455. The van der Waals surface area contributed by atoms with Crippen LogP contribution >= 0.6 is 0 Å². The number of nitrogens with one attached hydrogen (secondary N) is 1. The van der Waals surface area contributed by atoms with Crippen LogP contribution in [0.25, 0.3) is 0 Å². The van der Waals surface area contributed by atoms with Gasteiger partial charge in [0.25, 0.3) is 0 Å². The number of aliphatic hydroxyl groups excluding tert-OH is 1. The van der Waals surface area contributed by atoms with Gasteiger partial charge >= 0.3 is 5.97 Å². The average Bonchev–Trinajstić information content (AvgIpc) is 2.24. The van der Waals surface area contributed by atoms with Gasteiger partial charge in [0, 0.05) is 0 Å². The third-order valence-corrected chi connectivity index (χ3v) is 1.94. The second-order valence-corrected chi connectivity index (χ2v) is 3.12. The first-order chi connectivity index (χ1) is 7.58. The van der Waals surface area contributed by atoms with Crippen molar-refractivity contribution in [1.82, 2.24) is 5.32 Å². The molecule has 0 rings (SSSR count). The van der Waals surface area contributed by atoms with E-state index in [-0.39, 0.29) is 0 Å². The van der Waals surface area contributed by atoms with Gasteiger partial charge in [0.15, 0.2) is 0 Å². The Morgan fingerprint density at radius 3 is 2.47 bits per heavy atom. The van der Waals surface area contributed by atoms with Gasteiger partial charge in [0.2, 0.25) is 0 Å². The van der Waals surface area contributed by atoms with E-state index in [2.05, 4.69) is 0 Å². The molecule has 0 aliphatic rings. The monoisotopic (exact) mass is 483 g/mol. The first-order valence-electron chi connectivity index (χ1n) is 4.94. The molecule has 0 fully saturated rings. The molecule has 0 heterocycles. The number of carbonyl (C=O) groups excluding carboxylic acids is 1. The molecule has 17 heavy (non-hydrogen) atoms. The maximum absolute atomic E-state index is 10.8. The van der Waals surface area contributed by atoms with Crippen LogP contribution < -0.4 is 5.32 Å². The fourth-order valence-corrected chi connectivity index (χ4v) is 1.25. The Kier molecular flexibility index (Phi) is 8.57. The molecule has 3 N–H and O–H groups in total. The summed E-state index contributed by atoms with van der Waals surface area (Å²) in [7, 11) is 0. The molecule has 2 atom stereocenters. The minimum atomic E-state index is -1.38. The van der Waals surface area contributed by atoms with Gasteiger partial charge in [-0.2, -0.15) is 6.41 Å². The van der Waals surface area contributed by atoms with Crippen LogP contribution in [0.2, 0.25) is 0 Å². The molecule has 0 aliphatic heterocycles. The first-order valence-corrected chi connectivity index (χ1v) is 4.94. The van der Waals surface area contributed by atoms with Gasteiger partial charge in [0.1, 0.15) is 12.1 Å². The second-order valence-electron chi connectivity index (χ2n) is 3.12. The van der Waals surface area contributed by atoms with E-state index in [9.17, 15) is 14.7 Å². The Hall–Kier alpha value is -2.62. The standard InChI is InChI=1S/C11H16NO4.Fm/c1-3-5-8(6-4-2)10(14)9(11(15)16)12-7-13;/h3,5-6,9-10,14H,4H2,1-2H3,(H,12,13)(H,15,16);/q-1;/b5-3-,8-6+;. The van der Waals surface area contributed by atoms with Crippen LogP contribution in [0.1, 0.15) is 20.3 Å². The van der Waals surface area contributed by atoms with E-state index in [0.717, 1.165) is 0 Å². The van der Waals surface area contributed by atoms with E-state index >= 15 is 0 Å². The van der Waals surface area contributed by atoms with Crippen molar-refractivity contribution >= 4 is 12.4 Å². The van der Waals surface area contributed by atoms with Crippen LogP contribution in [0, 0.1) is 0 Å². The Balaban J connectivity index is 0. The number of rotatable bonds is 7. The number of carboxylic acids is 1. The minimum Gasteiger partial charge on any atom is -0.520 e. The number of aliphatic carboxylic acids is 1. The third-order valence-electron chi connectivity index (χ3n) is 1.94. The maximum atomic E-state index is 10.8. The van der Waals surface area contributed by atoms with Gasteiger partial charge in [-0.1, -0.05) is 25.2 Å². The molecule has 0 saturated heterocycles. The van der Waals surface area contributed by atoms with Crippen molar-refractivity contribution in [3.8, 4) is 0 Å². The Morgan fingerprint density at radius 1 is 1.53 bits per heavy atom. The predicted octanol–water partition coefficient (Wildman–Crippen LogP) is 0.370. The molecular formula is C11H16FmNO4-. The quantitative estimate of drug-likeness (QED) is 0.278. The summed E-state index contributed by atoms with van der Waals surface area (Å²) in [4.78, 5) is 20.9. The molecule has 0 saturated carbocycles. The summed E-state index contributed by atoms with van der Waals surface area (Å²) in [5.41, 5.74) is 0.458. The molecule has 0 radical (unpaired) electrons. The third kappa shape index (κ3) is 5.13. The van der Waals surface area contributed by atoms with E-state index in [1.165, 1.54) is 6.41 Å². The first kappa shape index (κ1) is 16.8. The van der Waals surface area contributed by atoms with Crippen LogP contribution in [-0.4, -0.2) is 34.7 Å². The van der Waals surface area contributed by atoms with Crippen LogP contribution in [0.15, 0.2) is 23.8 Å². The summed E-state index contributed by atoms with van der Waals surface area (Å²) < 4.78 is 0. The maximum Gasteiger partial charge on any atom is 0.326 e. The SMILES string of the molecule is C/C=C\C(=C/CC)C(O)C(N[C-]=O)C(=O)O.[Fm]. The predicted molar refractivity (Wildman–Crippen MR) is 59.4 cm³/mol. The van der Waals surface area contributed by atoms with Crippen LogP contribution in [-0.2, 0) is 9.59 Å². The van der Waals surface area contributed by atoms with Gasteiger partial charge in [0.05, 0.1) is 0 Å². The molecule has 0 aromatic heterocycles. The molecule has 0 bridgehead atoms. The van der Waals surface area contributed by atoms with E-state index in [4.69, 9.17) is 5.11 Å². The molecule has 0 aromatic carbocycles. The van der Waals surface area contributed by atoms with E-state index < -0.39 is 18.1 Å². The average molecular weight is 483 g/mol. The van der Waals surface area contributed by atoms with E-state index in [1.54, 1.807) is 25.2 Å². The number of hydrogen-bond acceptors (Lipinski definition) is 3. The smallest absolute Gasteiger partial charge is 0.326 e. The zero-order valence-corrected chi connectivity index (χ0v) is 12.0. The Morgan fingerprint density at radius 2 is 2.12 bits per heavy atom. The topological polar surface area (TPSA) is 86.6 Å². The molecule has 0 aliphatic carbocycles. The second kappa shape index (κ2) is 8.67. The summed E-state index contributed by atoms with van der Waals surface area (Å²) in [6, 6.07) is -1.38. The van der Waals surface area contributed by atoms with Crippen molar-refractivity contribution < 1.29 is 19.8 Å². The number of amides is 1.